The van der Waals surface area contributed by atoms with Crippen LogP contribution in [0.15, 0.2) is 53.8 Å². The first-order valence-electron chi connectivity index (χ1n) is 10.9. The van der Waals surface area contributed by atoms with Gasteiger partial charge in [-0.3, -0.25) is 18.8 Å². The highest BCUT2D eigenvalue weighted by Crippen LogP contribution is 2.39. The number of hydrogen-bond donors (Lipinski definition) is 2. The van der Waals surface area contributed by atoms with E-state index in [2.05, 4.69) is 15.6 Å². The van der Waals surface area contributed by atoms with E-state index in [1.165, 1.54) is 34.0 Å². The van der Waals surface area contributed by atoms with Crippen molar-refractivity contribution >= 4 is 39.0 Å². The molecule has 1 atom stereocenters. The highest BCUT2D eigenvalue weighted by Gasteiger charge is 2.36. The minimum atomic E-state index is -4.10. The zero-order valence-corrected chi connectivity index (χ0v) is 20.6. The largest absolute Gasteiger partial charge is 0.484 e. The van der Waals surface area contributed by atoms with Gasteiger partial charge in [-0.2, -0.15) is 8.42 Å². The quantitative estimate of drug-likeness (QED) is 0.550. The summed E-state index contributed by atoms with van der Waals surface area (Å²) in [5.74, 6) is 0.0385. The van der Waals surface area contributed by atoms with Crippen LogP contribution in [0.3, 0.4) is 0 Å². The molecule has 1 unspecified atom stereocenters. The Labute approximate surface area is 203 Å². The Morgan fingerprint density at radius 1 is 1.23 bits per heavy atom. The van der Waals surface area contributed by atoms with Crippen LogP contribution in [0.5, 0.6) is 5.75 Å². The Kier molecular flexibility index (Phi) is 6.32. The number of rotatable bonds is 5. The van der Waals surface area contributed by atoms with Crippen molar-refractivity contribution in [1.82, 2.24) is 14.7 Å². The van der Waals surface area contributed by atoms with Gasteiger partial charge in [0, 0.05) is 25.0 Å². The number of carbonyl (C=O) groups excluding carboxylic acids is 2. The molecule has 35 heavy (non-hydrogen) atoms. The van der Waals surface area contributed by atoms with Crippen LogP contribution in [0.4, 0.5) is 16.2 Å². The summed E-state index contributed by atoms with van der Waals surface area (Å²) in [4.78, 5) is 27.9. The van der Waals surface area contributed by atoms with Gasteiger partial charge < -0.3 is 14.8 Å². The molecule has 0 saturated carbocycles. The van der Waals surface area contributed by atoms with Gasteiger partial charge in [-0.1, -0.05) is 6.07 Å². The Hall–Kier alpha value is -3.80. The second-order valence-electron chi connectivity index (χ2n) is 9.04. The number of amides is 2. The molecular formula is C23H27N5O6S. The lowest BCUT2D eigenvalue weighted by molar-refractivity contribution is -0.119. The second kappa shape index (κ2) is 9.10. The summed E-state index contributed by atoms with van der Waals surface area (Å²) in [6.07, 6.45) is 1.78. The van der Waals surface area contributed by atoms with E-state index in [-0.39, 0.29) is 29.7 Å². The van der Waals surface area contributed by atoms with Gasteiger partial charge in [-0.25, -0.2) is 9.78 Å². The van der Waals surface area contributed by atoms with Crippen molar-refractivity contribution < 1.29 is 27.5 Å². The summed E-state index contributed by atoms with van der Waals surface area (Å²) in [5.41, 5.74) is 0.365. The summed E-state index contributed by atoms with van der Waals surface area (Å²) in [7, 11) is -4.10. The lowest BCUT2D eigenvalue weighted by Gasteiger charge is -2.35. The van der Waals surface area contributed by atoms with Crippen LogP contribution in [0.25, 0.3) is 5.65 Å². The van der Waals surface area contributed by atoms with Gasteiger partial charge in [0.1, 0.15) is 23.1 Å². The van der Waals surface area contributed by atoms with E-state index in [9.17, 15) is 18.0 Å². The van der Waals surface area contributed by atoms with Crippen LogP contribution in [0.1, 0.15) is 27.7 Å². The first kappa shape index (κ1) is 24.3. The van der Waals surface area contributed by atoms with E-state index >= 15 is 0 Å². The van der Waals surface area contributed by atoms with Crippen molar-refractivity contribution in [3.05, 3.63) is 48.8 Å². The topological polar surface area (TPSA) is 131 Å². The van der Waals surface area contributed by atoms with Crippen molar-refractivity contribution in [2.24, 2.45) is 0 Å². The number of nitrogens with zero attached hydrogens (tertiary/aromatic N) is 3. The number of benzene rings is 1. The maximum Gasteiger partial charge on any atom is 0.412 e. The molecule has 2 N–H and O–H groups in total. The van der Waals surface area contributed by atoms with E-state index in [0.29, 0.717) is 17.1 Å². The zero-order valence-electron chi connectivity index (χ0n) is 19.8. The number of ether oxygens (including phenoxy) is 2. The van der Waals surface area contributed by atoms with Crippen molar-refractivity contribution in [1.29, 1.82) is 0 Å². The average molecular weight is 502 g/mol. The molecule has 0 aliphatic carbocycles. The molecule has 186 valence electrons. The minimum Gasteiger partial charge on any atom is -0.484 e. The molecule has 3 heterocycles. The van der Waals surface area contributed by atoms with Gasteiger partial charge >= 0.3 is 6.09 Å². The predicted octanol–water partition coefficient (Wildman–Crippen LogP) is 2.77. The van der Waals surface area contributed by atoms with Crippen molar-refractivity contribution in [2.45, 2.75) is 44.4 Å². The third kappa shape index (κ3) is 5.32. The van der Waals surface area contributed by atoms with Crippen molar-refractivity contribution in [3.8, 4) is 5.75 Å². The number of anilines is 2. The smallest absolute Gasteiger partial charge is 0.412 e. The fraction of sp³-hybridized carbons (Fsp3) is 0.348. The minimum absolute atomic E-state index is 0.0177. The monoisotopic (exact) mass is 501 g/mol. The number of aromatic nitrogens is 2. The highest BCUT2D eigenvalue weighted by molar-refractivity contribution is 7.92. The average Bonchev–Trinajstić information content (AvgIpc) is 3.24. The fourth-order valence-corrected chi connectivity index (χ4v) is 5.29. The number of hydrogen-bond acceptors (Lipinski definition) is 7. The molecule has 1 aromatic carbocycles. The Bertz CT molecular complexity index is 1380. The Balaban J connectivity index is 1.74. The number of fused-ring (bicyclic) bond motifs is 2. The molecule has 12 heteroatoms. The van der Waals surface area contributed by atoms with E-state index in [1.54, 1.807) is 51.2 Å². The van der Waals surface area contributed by atoms with E-state index in [1.807, 2.05) is 0 Å². The number of nitrogens with one attached hydrogen (secondary N) is 2. The lowest BCUT2D eigenvalue weighted by Crippen LogP contribution is -2.48. The van der Waals surface area contributed by atoms with Gasteiger partial charge in [0.15, 0.2) is 5.03 Å². The molecule has 0 radical (unpaired) electrons. The van der Waals surface area contributed by atoms with Crippen molar-refractivity contribution in [3.63, 3.8) is 0 Å². The lowest BCUT2D eigenvalue weighted by atomic mass is 10.2. The number of carbonyl (C=O) groups is 2. The fourth-order valence-electron chi connectivity index (χ4n) is 3.65. The second-order valence-corrected chi connectivity index (χ2v) is 10.9. The molecule has 0 saturated heterocycles. The van der Waals surface area contributed by atoms with Crippen LogP contribution in [0, 0.1) is 0 Å². The van der Waals surface area contributed by atoms with Gasteiger partial charge in [0.05, 0.1) is 18.8 Å². The maximum atomic E-state index is 13.9. The normalized spacial score (nSPS) is 15.8. The van der Waals surface area contributed by atoms with E-state index in [0.717, 1.165) is 0 Å². The first-order valence-corrected chi connectivity index (χ1v) is 12.4. The summed E-state index contributed by atoms with van der Waals surface area (Å²) < 4.78 is 41.7. The summed E-state index contributed by atoms with van der Waals surface area (Å²) in [6.45, 7) is 6.67. The first-order chi connectivity index (χ1) is 16.4. The van der Waals surface area contributed by atoms with Crippen LogP contribution < -0.4 is 19.7 Å². The molecule has 0 spiro atoms. The van der Waals surface area contributed by atoms with Crippen LogP contribution in [-0.4, -0.2) is 54.6 Å². The molecule has 0 bridgehead atoms. The molecule has 0 fully saturated rings. The molecule has 1 aliphatic rings. The van der Waals surface area contributed by atoms with Crippen LogP contribution in [-0.2, 0) is 19.6 Å². The van der Waals surface area contributed by atoms with Gasteiger partial charge in [-0.05, 0) is 51.1 Å². The molecule has 2 aromatic heterocycles. The standard InChI is InChI=1S/C23H27N5O6S/c1-15(29)25-13-17-14-28(35(31,32)21-7-5-6-20-24-10-11-27(20)21)18-12-16(8-9-19(18)33-17)26-22(30)34-23(2,3)4/h5-12,17H,13-14H2,1-4H3,(H,25,29)(H,26,30). The highest BCUT2D eigenvalue weighted by atomic mass is 32.2. The molecule has 11 nitrogen and oxygen atoms in total. The van der Waals surface area contributed by atoms with Crippen LogP contribution >= 0.6 is 0 Å². The van der Waals surface area contributed by atoms with E-state index < -0.39 is 27.8 Å². The molecule has 1 aliphatic heterocycles. The third-order valence-electron chi connectivity index (χ3n) is 5.06. The zero-order chi connectivity index (χ0) is 25.4. The molecule has 4 rings (SSSR count). The molecule has 2 amide bonds. The number of pyridine rings is 1. The van der Waals surface area contributed by atoms with Crippen LogP contribution in [0.2, 0.25) is 0 Å². The Morgan fingerprint density at radius 2 is 2.00 bits per heavy atom. The van der Waals surface area contributed by atoms with Gasteiger partial charge in [-0.15, -0.1) is 0 Å². The summed E-state index contributed by atoms with van der Waals surface area (Å²) in [6, 6.07) is 9.48. The molecular weight excluding hydrogens is 474 g/mol. The number of imidazole rings is 1. The Morgan fingerprint density at radius 3 is 2.71 bits per heavy atom. The summed E-state index contributed by atoms with van der Waals surface area (Å²) >= 11 is 0. The molecule has 3 aromatic rings. The van der Waals surface area contributed by atoms with Gasteiger partial charge in [0.2, 0.25) is 5.91 Å². The number of sulfonamides is 1. The maximum absolute atomic E-state index is 13.9. The predicted molar refractivity (Wildman–Crippen MR) is 129 cm³/mol. The summed E-state index contributed by atoms with van der Waals surface area (Å²) in [5, 5.41) is 5.31. The SMILES string of the molecule is CC(=O)NCC1CN(S(=O)(=O)c2cccc3nccn23)c2cc(NC(=O)OC(C)(C)C)ccc2O1. The van der Waals surface area contributed by atoms with Gasteiger partial charge in [0.25, 0.3) is 10.0 Å². The third-order valence-corrected chi connectivity index (χ3v) is 6.85. The van der Waals surface area contributed by atoms with Crippen molar-refractivity contribution in [2.75, 3.05) is 22.7 Å². The van der Waals surface area contributed by atoms with E-state index in [4.69, 9.17) is 9.47 Å².